The van der Waals surface area contributed by atoms with Crippen molar-refractivity contribution in [1.29, 1.82) is 0 Å². The lowest BCUT2D eigenvalue weighted by Gasteiger charge is -2.41. The van der Waals surface area contributed by atoms with Gasteiger partial charge in [-0.3, -0.25) is 9.69 Å². The van der Waals surface area contributed by atoms with Gasteiger partial charge in [0.15, 0.2) is 0 Å². The third-order valence-corrected chi connectivity index (χ3v) is 4.99. The maximum atomic E-state index is 12.7. The topological polar surface area (TPSA) is 35.6 Å². The molecule has 4 nitrogen and oxygen atoms in total. The summed E-state index contributed by atoms with van der Waals surface area (Å²) in [4.78, 5) is 17.3. The summed E-state index contributed by atoms with van der Waals surface area (Å²) in [6, 6.07) is 0. The maximum Gasteiger partial charge on any atom is 0.229 e. The fourth-order valence-electron chi connectivity index (χ4n) is 3.42. The van der Waals surface area contributed by atoms with Gasteiger partial charge in [0.25, 0.3) is 0 Å². The Morgan fingerprint density at radius 1 is 1.19 bits per heavy atom. The van der Waals surface area contributed by atoms with Crippen molar-refractivity contribution in [1.82, 2.24) is 15.1 Å². The molecule has 2 aliphatic heterocycles. The van der Waals surface area contributed by atoms with E-state index in [4.69, 9.17) is 0 Å². The number of hydrogen-bond acceptors (Lipinski definition) is 3. The largest absolute Gasteiger partial charge is 0.340 e. The predicted octanol–water partition coefficient (Wildman–Crippen LogP) is 1.77. The first-order chi connectivity index (χ1) is 9.17. The van der Waals surface area contributed by atoms with Crippen molar-refractivity contribution in [3.05, 3.63) is 0 Å². The van der Waals surface area contributed by atoms with E-state index in [-0.39, 0.29) is 30.2 Å². The Balaban J connectivity index is 0.00000110. The van der Waals surface area contributed by atoms with E-state index >= 15 is 0 Å². The number of carbonyl (C=O) groups is 1. The predicted molar refractivity (Wildman–Crippen MR) is 90.5 cm³/mol. The lowest BCUT2D eigenvalue weighted by atomic mass is 9.81. The molecule has 3 aliphatic rings. The van der Waals surface area contributed by atoms with Crippen LogP contribution in [0.2, 0.25) is 0 Å². The van der Waals surface area contributed by atoms with E-state index < -0.39 is 0 Å². The molecule has 6 heteroatoms. The molecule has 1 unspecified atom stereocenters. The zero-order valence-electron chi connectivity index (χ0n) is 13.0. The molecule has 124 valence electrons. The van der Waals surface area contributed by atoms with E-state index in [1.807, 2.05) is 0 Å². The molecule has 0 aromatic heterocycles. The minimum atomic E-state index is -0.156. The highest BCUT2D eigenvalue weighted by Crippen LogP contribution is 2.31. The lowest BCUT2D eigenvalue weighted by molar-refractivity contribution is -0.144. The van der Waals surface area contributed by atoms with E-state index in [9.17, 15) is 4.79 Å². The highest BCUT2D eigenvalue weighted by Gasteiger charge is 2.38. The summed E-state index contributed by atoms with van der Waals surface area (Å²) in [5.74, 6) is 1.34. The lowest BCUT2D eigenvalue weighted by Crippen LogP contribution is -2.56. The molecule has 1 N–H and O–H groups in total. The number of rotatable bonds is 3. The number of carbonyl (C=O) groups excluding carboxylic acids is 1. The Labute approximate surface area is 140 Å². The van der Waals surface area contributed by atoms with Crippen LogP contribution >= 0.6 is 24.8 Å². The van der Waals surface area contributed by atoms with Crippen molar-refractivity contribution >= 4 is 30.7 Å². The summed E-state index contributed by atoms with van der Waals surface area (Å²) in [5, 5.41) is 3.38. The summed E-state index contributed by atoms with van der Waals surface area (Å²) < 4.78 is 0. The minimum absolute atomic E-state index is 0. The van der Waals surface area contributed by atoms with Gasteiger partial charge in [0, 0.05) is 39.3 Å². The van der Waals surface area contributed by atoms with Crippen molar-refractivity contribution in [2.75, 3.05) is 45.8 Å². The quantitative estimate of drug-likeness (QED) is 0.852. The third-order valence-electron chi connectivity index (χ3n) is 4.99. The van der Waals surface area contributed by atoms with Gasteiger partial charge in [0.1, 0.15) is 0 Å². The van der Waals surface area contributed by atoms with E-state index in [0.717, 1.165) is 58.0 Å². The minimum Gasteiger partial charge on any atom is -0.340 e. The van der Waals surface area contributed by atoms with Crippen LogP contribution in [0.15, 0.2) is 0 Å². The number of amides is 1. The molecular weight excluding hydrogens is 309 g/mol. The first-order valence-electron chi connectivity index (χ1n) is 7.90. The Morgan fingerprint density at radius 3 is 2.38 bits per heavy atom. The van der Waals surface area contributed by atoms with E-state index in [1.54, 1.807) is 0 Å². The van der Waals surface area contributed by atoms with Crippen LogP contribution in [-0.2, 0) is 4.79 Å². The van der Waals surface area contributed by atoms with Crippen molar-refractivity contribution in [2.24, 2.45) is 11.3 Å². The number of piperazine rings is 1. The van der Waals surface area contributed by atoms with Crippen LogP contribution in [0.5, 0.6) is 0 Å². The van der Waals surface area contributed by atoms with Gasteiger partial charge in [-0.25, -0.2) is 0 Å². The Kier molecular flexibility index (Phi) is 7.25. The molecule has 1 amide bonds. The van der Waals surface area contributed by atoms with Gasteiger partial charge >= 0.3 is 0 Å². The van der Waals surface area contributed by atoms with Gasteiger partial charge in [-0.15, -0.1) is 24.8 Å². The van der Waals surface area contributed by atoms with E-state index in [0.29, 0.717) is 5.91 Å². The molecule has 2 heterocycles. The van der Waals surface area contributed by atoms with Crippen LogP contribution < -0.4 is 5.32 Å². The molecule has 1 saturated carbocycles. The SMILES string of the molecule is CC1(C(=O)N2CCN(CC3CC3)CC2)CCCNC1.Cl.Cl. The second kappa shape index (κ2) is 8.00. The maximum absolute atomic E-state index is 12.7. The van der Waals surface area contributed by atoms with Crippen LogP contribution in [0.25, 0.3) is 0 Å². The summed E-state index contributed by atoms with van der Waals surface area (Å²) in [6.45, 7) is 9.34. The average Bonchev–Trinajstić information content (AvgIpc) is 3.24. The molecule has 0 bridgehead atoms. The fourth-order valence-corrected chi connectivity index (χ4v) is 3.42. The molecule has 0 aromatic carbocycles. The Bertz CT molecular complexity index is 336. The van der Waals surface area contributed by atoms with Crippen LogP contribution in [0, 0.1) is 11.3 Å². The average molecular weight is 338 g/mol. The van der Waals surface area contributed by atoms with E-state index in [1.165, 1.54) is 19.4 Å². The summed E-state index contributed by atoms with van der Waals surface area (Å²) in [7, 11) is 0. The summed E-state index contributed by atoms with van der Waals surface area (Å²) in [5.41, 5.74) is -0.156. The number of hydrogen-bond donors (Lipinski definition) is 1. The standard InChI is InChI=1S/C15H27N3O.2ClH/c1-15(5-2-6-16-12-15)14(19)18-9-7-17(8-10-18)11-13-3-4-13;;/h13,16H,2-12H2,1H3;2*1H. The Hall–Kier alpha value is -0.0300. The van der Waals surface area contributed by atoms with Gasteiger partial charge < -0.3 is 10.2 Å². The van der Waals surface area contributed by atoms with Crippen molar-refractivity contribution in [2.45, 2.75) is 32.6 Å². The van der Waals surface area contributed by atoms with Gasteiger partial charge in [-0.05, 0) is 45.1 Å². The molecule has 0 spiro atoms. The second-order valence-corrected chi connectivity index (χ2v) is 6.88. The number of piperidine rings is 1. The van der Waals surface area contributed by atoms with Crippen molar-refractivity contribution < 1.29 is 4.79 Å². The van der Waals surface area contributed by atoms with Crippen LogP contribution in [0.3, 0.4) is 0 Å². The first-order valence-corrected chi connectivity index (χ1v) is 7.90. The van der Waals surface area contributed by atoms with Crippen LogP contribution in [0.4, 0.5) is 0 Å². The molecule has 1 aliphatic carbocycles. The summed E-state index contributed by atoms with van der Waals surface area (Å²) in [6.07, 6.45) is 5.01. The highest BCUT2D eigenvalue weighted by molar-refractivity contribution is 5.85. The zero-order valence-corrected chi connectivity index (χ0v) is 14.6. The monoisotopic (exact) mass is 337 g/mol. The van der Waals surface area contributed by atoms with Crippen molar-refractivity contribution in [3.8, 4) is 0 Å². The van der Waals surface area contributed by atoms with Gasteiger partial charge in [0.2, 0.25) is 5.91 Å². The van der Waals surface area contributed by atoms with Gasteiger partial charge in [-0.1, -0.05) is 0 Å². The molecule has 0 aromatic rings. The zero-order chi connectivity index (χ0) is 13.3. The number of halogens is 2. The molecule has 3 fully saturated rings. The van der Waals surface area contributed by atoms with Gasteiger partial charge in [0.05, 0.1) is 5.41 Å². The smallest absolute Gasteiger partial charge is 0.229 e. The normalized spacial score (nSPS) is 30.2. The van der Waals surface area contributed by atoms with Crippen LogP contribution in [-0.4, -0.2) is 61.5 Å². The van der Waals surface area contributed by atoms with Gasteiger partial charge in [-0.2, -0.15) is 0 Å². The molecule has 21 heavy (non-hydrogen) atoms. The molecule has 2 saturated heterocycles. The Morgan fingerprint density at radius 2 is 1.86 bits per heavy atom. The molecule has 3 rings (SSSR count). The molecule has 1 atom stereocenters. The fraction of sp³-hybridized carbons (Fsp3) is 0.933. The summed E-state index contributed by atoms with van der Waals surface area (Å²) >= 11 is 0. The van der Waals surface area contributed by atoms with Crippen molar-refractivity contribution in [3.63, 3.8) is 0 Å². The number of nitrogens with one attached hydrogen (secondary N) is 1. The third kappa shape index (κ3) is 4.72. The number of nitrogens with zero attached hydrogens (tertiary/aromatic N) is 2. The molecule has 0 radical (unpaired) electrons. The van der Waals surface area contributed by atoms with Crippen LogP contribution in [0.1, 0.15) is 32.6 Å². The highest BCUT2D eigenvalue weighted by atomic mass is 35.5. The second-order valence-electron chi connectivity index (χ2n) is 6.88. The molecular formula is C15H29Cl2N3O. The van der Waals surface area contributed by atoms with E-state index in [2.05, 4.69) is 22.0 Å². The first kappa shape index (κ1) is 19.0.